The summed E-state index contributed by atoms with van der Waals surface area (Å²) in [6.07, 6.45) is -0.717. The van der Waals surface area contributed by atoms with Crippen molar-refractivity contribution in [2.24, 2.45) is 0 Å². The number of carbonyl (C=O) groups is 1. The van der Waals surface area contributed by atoms with Gasteiger partial charge >= 0.3 is 5.63 Å². The molecule has 3 N–H and O–H groups in total. The topological polar surface area (TPSA) is 92.6 Å². The minimum absolute atomic E-state index is 0.176. The van der Waals surface area contributed by atoms with Gasteiger partial charge in [0.1, 0.15) is 11.3 Å². The molecule has 0 aliphatic rings. The molecular weight excluding hydrogens is 390 g/mol. The molecule has 1 heterocycles. The monoisotopic (exact) mass is 411 g/mol. The van der Waals surface area contributed by atoms with Crippen LogP contribution in [0.25, 0.3) is 11.0 Å². The van der Waals surface area contributed by atoms with Crippen molar-refractivity contribution in [1.82, 2.24) is 10.9 Å². The van der Waals surface area contributed by atoms with Gasteiger partial charge in [-0.3, -0.25) is 15.6 Å². The lowest BCUT2D eigenvalue weighted by molar-refractivity contribution is -0.127. The Balaban J connectivity index is 1.55. The lowest BCUT2D eigenvalue weighted by Crippen LogP contribution is -2.48. The van der Waals surface area contributed by atoms with E-state index in [0.29, 0.717) is 17.0 Å². The number of anilines is 1. The molecule has 3 rings (SSSR count). The largest absolute Gasteiger partial charge is 0.481 e. The van der Waals surface area contributed by atoms with Crippen molar-refractivity contribution in [1.29, 1.82) is 0 Å². The average molecular weight is 411 g/mol. The quantitative estimate of drug-likeness (QED) is 0.345. The molecule has 1 amide bonds. The smallest absolute Gasteiger partial charge is 0.336 e. The summed E-state index contributed by atoms with van der Waals surface area (Å²) in [4.78, 5) is 23.7. The zero-order valence-electron chi connectivity index (χ0n) is 16.2. The fraction of sp³-hybridized carbons (Fsp3) is 0.190. The number of nitrogens with one attached hydrogen (secondary N) is 3. The van der Waals surface area contributed by atoms with Gasteiger partial charge in [0, 0.05) is 23.2 Å². The molecule has 0 saturated carbocycles. The molecule has 29 heavy (non-hydrogen) atoms. The molecule has 8 heteroatoms. The van der Waals surface area contributed by atoms with Crippen LogP contribution in [0.4, 0.5) is 5.69 Å². The molecule has 0 bridgehead atoms. The van der Waals surface area contributed by atoms with Gasteiger partial charge in [0.2, 0.25) is 0 Å². The highest BCUT2D eigenvalue weighted by molar-refractivity contribution is 7.80. The minimum atomic E-state index is -0.717. The normalized spacial score (nSPS) is 11.6. The first-order chi connectivity index (χ1) is 13.8. The van der Waals surface area contributed by atoms with Crippen LogP contribution >= 0.6 is 12.2 Å². The van der Waals surface area contributed by atoms with Crippen LogP contribution in [0.3, 0.4) is 0 Å². The molecule has 7 nitrogen and oxygen atoms in total. The molecule has 0 saturated heterocycles. The van der Waals surface area contributed by atoms with Crippen LogP contribution in [-0.4, -0.2) is 17.1 Å². The number of ether oxygens (including phenoxy) is 1. The van der Waals surface area contributed by atoms with E-state index in [1.54, 1.807) is 31.2 Å². The Morgan fingerprint density at radius 1 is 1.07 bits per heavy atom. The highest BCUT2D eigenvalue weighted by Gasteiger charge is 2.15. The third-order valence-corrected chi connectivity index (χ3v) is 4.42. The summed E-state index contributed by atoms with van der Waals surface area (Å²) in [7, 11) is 0. The van der Waals surface area contributed by atoms with E-state index in [1.807, 2.05) is 32.0 Å². The lowest BCUT2D eigenvalue weighted by atomic mass is 10.1. The Labute approximate surface area is 173 Å². The summed E-state index contributed by atoms with van der Waals surface area (Å²) in [5.74, 6) is 0.224. The second kappa shape index (κ2) is 8.74. The summed E-state index contributed by atoms with van der Waals surface area (Å²) in [5, 5.41) is 3.94. The molecule has 1 aromatic heterocycles. The van der Waals surface area contributed by atoms with Crippen molar-refractivity contribution in [3.63, 3.8) is 0 Å². The van der Waals surface area contributed by atoms with Crippen molar-refractivity contribution >= 4 is 39.9 Å². The fourth-order valence-corrected chi connectivity index (χ4v) is 2.83. The highest BCUT2D eigenvalue weighted by atomic mass is 32.1. The maximum atomic E-state index is 12.2. The molecule has 0 fully saturated rings. The number of amides is 1. The molecule has 0 spiro atoms. The van der Waals surface area contributed by atoms with E-state index < -0.39 is 11.7 Å². The predicted molar refractivity (Wildman–Crippen MR) is 116 cm³/mol. The third kappa shape index (κ3) is 5.32. The van der Waals surface area contributed by atoms with Crippen molar-refractivity contribution in [2.75, 3.05) is 5.32 Å². The molecule has 0 aliphatic heterocycles. The maximum Gasteiger partial charge on any atom is 0.336 e. The van der Waals surface area contributed by atoms with Gasteiger partial charge in [-0.15, -0.1) is 0 Å². The van der Waals surface area contributed by atoms with Gasteiger partial charge in [-0.1, -0.05) is 17.7 Å². The molecule has 0 unspecified atom stereocenters. The minimum Gasteiger partial charge on any atom is -0.481 e. The van der Waals surface area contributed by atoms with E-state index in [4.69, 9.17) is 21.4 Å². The predicted octanol–water partition coefficient (Wildman–Crippen LogP) is 3.19. The Morgan fingerprint density at radius 2 is 1.79 bits per heavy atom. The van der Waals surface area contributed by atoms with Gasteiger partial charge in [0.25, 0.3) is 5.91 Å². The third-order valence-electron chi connectivity index (χ3n) is 4.21. The number of carbonyl (C=O) groups excluding carboxylic acids is 1. The van der Waals surface area contributed by atoms with Crippen LogP contribution in [0.5, 0.6) is 5.75 Å². The summed E-state index contributed by atoms with van der Waals surface area (Å²) in [6.45, 7) is 5.46. The number of thiocarbonyl (C=S) groups is 1. The first-order valence-electron chi connectivity index (χ1n) is 8.96. The number of hydrazine groups is 1. The number of aryl methyl sites for hydroxylation is 2. The number of hydrogen-bond acceptors (Lipinski definition) is 5. The molecule has 2 aromatic carbocycles. The highest BCUT2D eigenvalue weighted by Crippen LogP contribution is 2.20. The fourth-order valence-electron chi connectivity index (χ4n) is 2.66. The second-order valence-electron chi connectivity index (χ2n) is 6.60. The van der Waals surface area contributed by atoms with E-state index in [0.717, 1.165) is 16.5 Å². The van der Waals surface area contributed by atoms with Gasteiger partial charge in [-0.05, 0) is 62.8 Å². The van der Waals surface area contributed by atoms with Crippen LogP contribution in [-0.2, 0) is 4.79 Å². The van der Waals surface area contributed by atoms with Crippen molar-refractivity contribution in [2.45, 2.75) is 26.9 Å². The Bertz CT molecular complexity index is 1110. The SMILES string of the molecule is Cc1ccc(O[C@H](C)C(=O)NNC(=S)Nc2ccc3c(C)cc(=O)oc3c2)cc1. The van der Waals surface area contributed by atoms with Gasteiger partial charge in [-0.25, -0.2) is 4.79 Å². The molecule has 1 atom stereocenters. The van der Waals surface area contributed by atoms with Gasteiger partial charge in [0.05, 0.1) is 0 Å². The van der Waals surface area contributed by atoms with Crippen molar-refractivity contribution < 1.29 is 13.9 Å². The number of rotatable bonds is 4. The second-order valence-corrected chi connectivity index (χ2v) is 7.01. The van der Waals surface area contributed by atoms with E-state index in [1.165, 1.54) is 6.07 Å². The maximum absolute atomic E-state index is 12.2. The molecule has 3 aromatic rings. The van der Waals surface area contributed by atoms with Crippen molar-refractivity contribution in [3.8, 4) is 5.75 Å². The zero-order valence-corrected chi connectivity index (χ0v) is 17.1. The van der Waals surface area contributed by atoms with Gasteiger partial charge in [-0.2, -0.15) is 0 Å². The number of fused-ring (bicyclic) bond motifs is 1. The number of benzene rings is 2. The molecular formula is C21H21N3O4S. The van der Waals surface area contributed by atoms with Crippen LogP contribution in [0.15, 0.2) is 57.7 Å². The molecule has 0 aliphatic carbocycles. The standard InChI is InChI=1S/C21H21N3O4S/c1-12-4-7-16(8-5-12)27-14(3)20(26)23-24-21(29)22-15-6-9-17-13(2)10-19(25)28-18(17)11-15/h4-11,14H,1-3H3,(H,23,26)(H2,22,24,29)/t14-/m1/s1. The van der Waals surface area contributed by atoms with E-state index >= 15 is 0 Å². The number of hydrogen-bond donors (Lipinski definition) is 3. The van der Waals surface area contributed by atoms with E-state index in [9.17, 15) is 9.59 Å². The molecule has 150 valence electrons. The Hall–Kier alpha value is -3.39. The van der Waals surface area contributed by atoms with Crippen LogP contribution in [0, 0.1) is 13.8 Å². The zero-order chi connectivity index (χ0) is 21.0. The first kappa shape index (κ1) is 20.3. The summed E-state index contributed by atoms with van der Waals surface area (Å²) < 4.78 is 10.8. The van der Waals surface area contributed by atoms with E-state index in [-0.39, 0.29) is 11.0 Å². The summed E-state index contributed by atoms with van der Waals surface area (Å²) in [6, 6.07) is 14.2. The first-order valence-corrected chi connectivity index (χ1v) is 9.37. The average Bonchev–Trinajstić information content (AvgIpc) is 2.67. The van der Waals surface area contributed by atoms with Crippen LogP contribution in [0.2, 0.25) is 0 Å². The summed E-state index contributed by atoms with van der Waals surface area (Å²) in [5.41, 5.74) is 7.71. The van der Waals surface area contributed by atoms with Crippen LogP contribution < -0.4 is 26.5 Å². The van der Waals surface area contributed by atoms with Gasteiger partial charge < -0.3 is 14.5 Å². The van der Waals surface area contributed by atoms with Gasteiger partial charge in [0.15, 0.2) is 11.2 Å². The van der Waals surface area contributed by atoms with Crippen LogP contribution in [0.1, 0.15) is 18.1 Å². The van der Waals surface area contributed by atoms with Crippen molar-refractivity contribution in [3.05, 3.63) is 70.1 Å². The Morgan fingerprint density at radius 3 is 2.52 bits per heavy atom. The van der Waals surface area contributed by atoms with E-state index in [2.05, 4.69) is 16.2 Å². The molecule has 0 radical (unpaired) electrons. The summed E-state index contributed by atoms with van der Waals surface area (Å²) >= 11 is 5.19. The Kier molecular flexibility index (Phi) is 6.13. The lowest BCUT2D eigenvalue weighted by Gasteiger charge is -2.16.